The minimum atomic E-state index is -0.703. The third-order valence-corrected chi connectivity index (χ3v) is 4.33. The lowest BCUT2D eigenvalue weighted by molar-refractivity contribution is -0.143. The molecule has 25 heavy (non-hydrogen) atoms. The zero-order valence-electron chi connectivity index (χ0n) is 15.0. The van der Waals surface area contributed by atoms with Crippen LogP contribution in [-0.4, -0.2) is 69.7 Å². The largest absolute Gasteiger partial charge is 0.493 e. The van der Waals surface area contributed by atoms with Gasteiger partial charge in [-0.25, -0.2) is 0 Å². The van der Waals surface area contributed by atoms with Crippen molar-refractivity contribution in [3.8, 4) is 17.2 Å². The van der Waals surface area contributed by atoms with E-state index in [0.717, 1.165) is 31.5 Å². The maximum atomic E-state index is 11.1. The van der Waals surface area contributed by atoms with Crippen LogP contribution in [0.15, 0.2) is 17.1 Å². The van der Waals surface area contributed by atoms with Gasteiger partial charge >= 0.3 is 5.97 Å². The second-order valence-electron chi connectivity index (χ2n) is 5.97. The van der Waals surface area contributed by atoms with E-state index in [1.807, 2.05) is 12.1 Å². The summed E-state index contributed by atoms with van der Waals surface area (Å²) in [4.78, 5) is 17.7. The first-order chi connectivity index (χ1) is 12.1. The Morgan fingerprint density at radius 1 is 1.28 bits per heavy atom. The molecule has 1 N–H and O–H groups in total. The maximum Gasteiger partial charge on any atom is 0.307 e. The van der Waals surface area contributed by atoms with E-state index < -0.39 is 5.97 Å². The molecule has 0 aromatic heterocycles. The Kier molecular flexibility index (Phi) is 7.06. The number of aliphatic imine (C=N–C) groups is 1. The lowest BCUT2D eigenvalue weighted by Gasteiger charge is -2.29. The van der Waals surface area contributed by atoms with E-state index in [1.165, 1.54) is 0 Å². The number of carboxylic acids is 1. The Hall–Kier alpha value is -2.28. The van der Waals surface area contributed by atoms with Crippen molar-refractivity contribution in [2.75, 3.05) is 47.5 Å². The van der Waals surface area contributed by atoms with Crippen molar-refractivity contribution < 1.29 is 24.1 Å². The van der Waals surface area contributed by atoms with Crippen LogP contribution < -0.4 is 14.2 Å². The van der Waals surface area contributed by atoms with Crippen LogP contribution in [0.25, 0.3) is 0 Å². The van der Waals surface area contributed by atoms with Crippen LogP contribution >= 0.6 is 0 Å². The molecule has 7 heteroatoms. The van der Waals surface area contributed by atoms with Gasteiger partial charge in [0.2, 0.25) is 5.75 Å². The molecule has 0 aliphatic carbocycles. The number of likely N-dealkylation sites (tertiary alicyclic amines) is 1. The van der Waals surface area contributed by atoms with E-state index in [-0.39, 0.29) is 5.92 Å². The number of hydrogen-bond donors (Lipinski definition) is 1. The van der Waals surface area contributed by atoms with Crippen molar-refractivity contribution in [3.63, 3.8) is 0 Å². The smallest absolute Gasteiger partial charge is 0.307 e. The summed E-state index contributed by atoms with van der Waals surface area (Å²) in [6.45, 7) is 2.91. The molecule has 7 nitrogen and oxygen atoms in total. The second-order valence-corrected chi connectivity index (χ2v) is 5.97. The summed E-state index contributed by atoms with van der Waals surface area (Å²) in [7, 11) is 4.72. The second kappa shape index (κ2) is 9.27. The number of aliphatic carboxylic acids is 1. The molecule has 1 unspecified atom stereocenters. The molecule has 0 amide bonds. The number of rotatable bonds is 8. The van der Waals surface area contributed by atoms with Gasteiger partial charge < -0.3 is 24.2 Å². The first-order valence-corrected chi connectivity index (χ1v) is 8.34. The summed E-state index contributed by atoms with van der Waals surface area (Å²) in [6.07, 6.45) is 3.46. The SMILES string of the molecule is COc1cc(C=NCCN2CCCC(C(=O)O)C2)cc(OC)c1OC. The van der Waals surface area contributed by atoms with Gasteiger partial charge in [-0.1, -0.05) is 0 Å². The average Bonchev–Trinajstić information content (AvgIpc) is 2.64. The van der Waals surface area contributed by atoms with Gasteiger partial charge in [-0.2, -0.15) is 0 Å². The molecular weight excluding hydrogens is 324 g/mol. The summed E-state index contributed by atoms with van der Waals surface area (Å²) in [6, 6.07) is 3.68. The highest BCUT2D eigenvalue weighted by atomic mass is 16.5. The number of carboxylic acid groups (broad SMARTS) is 1. The Balaban J connectivity index is 1.94. The van der Waals surface area contributed by atoms with E-state index in [4.69, 9.17) is 19.3 Å². The van der Waals surface area contributed by atoms with Crippen molar-refractivity contribution >= 4 is 12.2 Å². The summed E-state index contributed by atoms with van der Waals surface area (Å²) in [5.74, 6) is 0.765. The van der Waals surface area contributed by atoms with Gasteiger partial charge in [0.25, 0.3) is 0 Å². The highest BCUT2D eigenvalue weighted by Crippen LogP contribution is 2.37. The molecule has 0 radical (unpaired) electrons. The molecule has 2 rings (SSSR count). The molecule has 1 aliphatic heterocycles. The normalized spacial score (nSPS) is 18.3. The monoisotopic (exact) mass is 350 g/mol. The van der Waals surface area contributed by atoms with E-state index in [0.29, 0.717) is 30.3 Å². The topological polar surface area (TPSA) is 80.6 Å². The number of carbonyl (C=O) groups is 1. The molecule has 1 atom stereocenters. The predicted octanol–water partition coefficient (Wildman–Crippen LogP) is 1.93. The lowest BCUT2D eigenvalue weighted by atomic mass is 9.98. The number of piperidine rings is 1. The summed E-state index contributed by atoms with van der Waals surface area (Å²) in [5, 5.41) is 9.13. The standard InChI is InChI=1S/C18H26N2O5/c1-23-15-9-13(10-16(24-2)17(15)25-3)11-19-6-8-20-7-4-5-14(12-20)18(21)22/h9-11,14H,4-8,12H2,1-3H3,(H,21,22). The van der Waals surface area contributed by atoms with Crippen molar-refractivity contribution in [3.05, 3.63) is 17.7 Å². The molecule has 1 heterocycles. The Labute approximate surface area is 148 Å². The van der Waals surface area contributed by atoms with Crippen LogP contribution in [0.4, 0.5) is 0 Å². The highest BCUT2D eigenvalue weighted by Gasteiger charge is 2.24. The van der Waals surface area contributed by atoms with Crippen molar-refractivity contribution in [1.29, 1.82) is 0 Å². The minimum Gasteiger partial charge on any atom is -0.493 e. The number of methoxy groups -OCH3 is 3. The summed E-state index contributed by atoms with van der Waals surface area (Å²) >= 11 is 0. The lowest BCUT2D eigenvalue weighted by Crippen LogP contribution is -2.39. The minimum absolute atomic E-state index is 0.257. The van der Waals surface area contributed by atoms with E-state index >= 15 is 0 Å². The molecule has 0 saturated carbocycles. The zero-order valence-corrected chi connectivity index (χ0v) is 15.0. The molecule has 0 bridgehead atoms. The fraction of sp³-hybridized carbons (Fsp3) is 0.556. The van der Waals surface area contributed by atoms with Crippen LogP contribution in [0, 0.1) is 5.92 Å². The number of ether oxygens (including phenoxy) is 3. The van der Waals surface area contributed by atoms with Crippen LogP contribution in [-0.2, 0) is 4.79 Å². The molecular formula is C18H26N2O5. The molecule has 1 aliphatic rings. The molecule has 1 fully saturated rings. The first kappa shape index (κ1) is 19.1. The summed E-state index contributed by atoms with van der Waals surface area (Å²) in [5.41, 5.74) is 0.858. The quantitative estimate of drug-likeness (QED) is 0.722. The van der Waals surface area contributed by atoms with Gasteiger partial charge in [-0.15, -0.1) is 0 Å². The molecule has 1 saturated heterocycles. The number of hydrogen-bond acceptors (Lipinski definition) is 6. The van der Waals surface area contributed by atoms with Gasteiger partial charge in [0.1, 0.15) is 0 Å². The molecule has 0 spiro atoms. The highest BCUT2D eigenvalue weighted by molar-refractivity contribution is 5.82. The molecule has 1 aromatic rings. The van der Waals surface area contributed by atoms with Crippen LogP contribution in [0.2, 0.25) is 0 Å². The zero-order chi connectivity index (χ0) is 18.2. The summed E-state index contributed by atoms with van der Waals surface area (Å²) < 4.78 is 15.9. The van der Waals surface area contributed by atoms with Crippen LogP contribution in [0.5, 0.6) is 17.2 Å². The third kappa shape index (κ3) is 5.09. The fourth-order valence-corrected chi connectivity index (χ4v) is 3.01. The maximum absolute atomic E-state index is 11.1. The first-order valence-electron chi connectivity index (χ1n) is 8.34. The van der Waals surface area contributed by atoms with E-state index in [9.17, 15) is 4.79 Å². The van der Waals surface area contributed by atoms with Crippen molar-refractivity contribution in [2.45, 2.75) is 12.8 Å². The Bertz CT molecular complexity index is 592. The van der Waals surface area contributed by atoms with E-state index in [2.05, 4.69) is 9.89 Å². The number of benzene rings is 1. The third-order valence-electron chi connectivity index (χ3n) is 4.33. The Morgan fingerprint density at radius 2 is 1.96 bits per heavy atom. The van der Waals surface area contributed by atoms with Gasteiger partial charge in [-0.3, -0.25) is 9.79 Å². The van der Waals surface area contributed by atoms with Crippen LogP contribution in [0.1, 0.15) is 18.4 Å². The van der Waals surface area contributed by atoms with Crippen molar-refractivity contribution in [2.24, 2.45) is 10.9 Å². The Morgan fingerprint density at radius 3 is 2.52 bits per heavy atom. The molecule has 1 aromatic carbocycles. The number of nitrogens with zero attached hydrogens (tertiary/aromatic N) is 2. The van der Waals surface area contributed by atoms with Gasteiger partial charge in [0, 0.05) is 19.3 Å². The predicted molar refractivity (Wildman–Crippen MR) is 95.4 cm³/mol. The molecule has 138 valence electrons. The van der Waals surface area contributed by atoms with Gasteiger partial charge in [0.15, 0.2) is 11.5 Å². The van der Waals surface area contributed by atoms with Crippen LogP contribution in [0.3, 0.4) is 0 Å². The van der Waals surface area contributed by atoms with Gasteiger partial charge in [-0.05, 0) is 37.1 Å². The fourth-order valence-electron chi connectivity index (χ4n) is 3.01. The van der Waals surface area contributed by atoms with E-state index in [1.54, 1.807) is 27.5 Å². The van der Waals surface area contributed by atoms with Crippen molar-refractivity contribution in [1.82, 2.24) is 4.90 Å². The average molecular weight is 350 g/mol. The van der Waals surface area contributed by atoms with Gasteiger partial charge in [0.05, 0.1) is 33.8 Å².